The molecule has 8 nitrogen and oxygen atoms in total. The van der Waals surface area contributed by atoms with Gasteiger partial charge < -0.3 is 14.9 Å². The molecular weight excluding hydrogens is 328 g/mol. The molecule has 8 heteroatoms. The minimum Gasteiger partial charge on any atom is -0.504 e. The molecule has 0 spiro atoms. The van der Waals surface area contributed by atoms with E-state index in [0.29, 0.717) is 0 Å². The summed E-state index contributed by atoms with van der Waals surface area (Å²) in [6.45, 7) is 0. The molecule has 0 unspecified atom stereocenters. The third-order valence-corrected chi connectivity index (χ3v) is 4.04. The van der Waals surface area contributed by atoms with Crippen LogP contribution in [0.25, 0.3) is 0 Å². The number of rotatable bonds is 3. The van der Waals surface area contributed by atoms with Crippen molar-refractivity contribution in [2.75, 3.05) is 7.11 Å². The molecule has 4 N–H and O–H groups in total. The number of nitrogens with two attached hydrogens (primary N) is 1. The van der Waals surface area contributed by atoms with Crippen LogP contribution in [-0.2, 0) is 0 Å². The van der Waals surface area contributed by atoms with Crippen molar-refractivity contribution in [3.63, 3.8) is 0 Å². The second-order valence-electron chi connectivity index (χ2n) is 5.44. The van der Waals surface area contributed by atoms with Crippen molar-refractivity contribution in [3.8, 4) is 11.5 Å². The number of aliphatic hydroxyl groups is 1. The highest BCUT2D eigenvalue weighted by atomic mass is 16.5. The fourth-order valence-electron chi connectivity index (χ4n) is 2.67. The quantitative estimate of drug-likeness (QED) is 0.243. The highest BCUT2D eigenvalue weighted by Crippen LogP contribution is 2.33. The third kappa shape index (κ3) is 2.27. The van der Waals surface area contributed by atoms with Crippen molar-refractivity contribution >= 4 is 17.5 Å². The molecule has 0 atom stereocenters. The lowest BCUT2D eigenvalue weighted by Gasteiger charge is -2.29. The van der Waals surface area contributed by atoms with Crippen molar-refractivity contribution in [3.05, 3.63) is 59.2 Å². The van der Waals surface area contributed by atoms with Crippen molar-refractivity contribution in [2.24, 2.45) is 5.84 Å². The van der Waals surface area contributed by atoms with Crippen molar-refractivity contribution in [1.82, 2.24) is 5.01 Å². The summed E-state index contributed by atoms with van der Waals surface area (Å²) in [5, 5.41) is 20.4. The largest absolute Gasteiger partial charge is 0.504 e. The van der Waals surface area contributed by atoms with E-state index >= 15 is 0 Å². The molecule has 0 bridgehead atoms. The first kappa shape index (κ1) is 16.6. The minimum absolute atomic E-state index is 0.00130. The summed E-state index contributed by atoms with van der Waals surface area (Å²) in [6, 6.07) is 9.40. The average Bonchev–Trinajstić information content (AvgIpc) is 2.83. The van der Waals surface area contributed by atoms with Crippen LogP contribution in [-0.4, -0.2) is 45.5 Å². The van der Waals surface area contributed by atoms with E-state index in [1.165, 1.54) is 49.6 Å². The van der Waals surface area contributed by atoms with Crippen LogP contribution in [0.15, 0.2) is 42.5 Å². The molecule has 0 heterocycles. The summed E-state index contributed by atoms with van der Waals surface area (Å²) in [5.74, 6) is 2.51. The maximum absolute atomic E-state index is 12.6. The fraction of sp³-hybridized carbons (Fsp3) is 0.118. The number of nitrogens with zero attached hydrogens (tertiary/aromatic N) is 1. The van der Waals surface area contributed by atoms with E-state index in [2.05, 4.69) is 0 Å². The van der Waals surface area contributed by atoms with Gasteiger partial charge in [0.15, 0.2) is 11.5 Å². The molecule has 2 aromatic carbocycles. The van der Waals surface area contributed by atoms with Crippen molar-refractivity contribution in [2.45, 2.75) is 5.72 Å². The van der Waals surface area contributed by atoms with E-state index in [4.69, 9.17) is 10.6 Å². The molecule has 0 saturated carbocycles. The Balaban J connectivity index is 2.01. The van der Waals surface area contributed by atoms with Gasteiger partial charge in [-0.15, -0.1) is 0 Å². The van der Waals surface area contributed by atoms with Crippen LogP contribution < -0.4 is 10.6 Å². The molecule has 0 fully saturated rings. The number of ketones is 2. The van der Waals surface area contributed by atoms with Gasteiger partial charge in [-0.25, -0.2) is 10.9 Å². The smallest absolute Gasteiger partial charge is 0.284 e. The van der Waals surface area contributed by atoms with Gasteiger partial charge in [-0.05, 0) is 18.2 Å². The number of benzene rings is 2. The Morgan fingerprint density at radius 1 is 1.12 bits per heavy atom. The predicted molar refractivity (Wildman–Crippen MR) is 85.1 cm³/mol. The highest BCUT2D eigenvalue weighted by Gasteiger charge is 2.57. The molecule has 1 amide bonds. The number of amides is 1. The normalized spacial score (nSPS) is 15.0. The molecule has 1 aliphatic carbocycles. The first-order valence-corrected chi connectivity index (χ1v) is 7.19. The van der Waals surface area contributed by atoms with Crippen LogP contribution in [0.1, 0.15) is 31.1 Å². The second kappa shape index (κ2) is 5.69. The Hall–Kier alpha value is -3.23. The Labute approximate surface area is 142 Å². The zero-order valence-corrected chi connectivity index (χ0v) is 13.1. The number of ether oxygens (including phenoxy) is 1. The van der Waals surface area contributed by atoms with Crippen LogP contribution >= 0.6 is 0 Å². The van der Waals surface area contributed by atoms with E-state index in [-0.39, 0.29) is 33.2 Å². The van der Waals surface area contributed by atoms with E-state index < -0.39 is 23.2 Å². The summed E-state index contributed by atoms with van der Waals surface area (Å²) < 4.78 is 4.90. The standard InChI is InChI=1S/C17H14N2O6/c1-25-13-8-9(6-7-12(13)20)16(23)19(18)17(24)14(21)10-4-2-3-5-11(10)15(17)22/h2-8,20,24H,18H2,1H3. The number of hydrazine groups is 1. The number of fused-ring (bicyclic) bond motifs is 1. The van der Waals surface area contributed by atoms with Crippen LogP contribution in [0.2, 0.25) is 0 Å². The van der Waals surface area contributed by atoms with Gasteiger partial charge in [0.1, 0.15) is 0 Å². The van der Waals surface area contributed by atoms with Gasteiger partial charge in [0.2, 0.25) is 11.6 Å². The Morgan fingerprint density at radius 3 is 2.20 bits per heavy atom. The monoisotopic (exact) mass is 342 g/mol. The van der Waals surface area contributed by atoms with E-state index in [1.54, 1.807) is 0 Å². The van der Waals surface area contributed by atoms with Crippen LogP contribution in [0.4, 0.5) is 0 Å². The van der Waals surface area contributed by atoms with Gasteiger partial charge >= 0.3 is 0 Å². The van der Waals surface area contributed by atoms with E-state index in [1.807, 2.05) is 0 Å². The predicted octanol–water partition coefficient (Wildman–Crippen LogP) is 0.484. The number of carbonyl (C=O) groups excluding carboxylic acids is 3. The Bertz CT molecular complexity index is 873. The summed E-state index contributed by atoms with van der Waals surface area (Å²) in [4.78, 5) is 37.5. The maximum Gasteiger partial charge on any atom is 0.284 e. The third-order valence-electron chi connectivity index (χ3n) is 4.04. The number of hydrogen-bond acceptors (Lipinski definition) is 7. The van der Waals surface area contributed by atoms with Crippen molar-refractivity contribution in [1.29, 1.82) is 0 Å². The summed E-state index contributed by atoms with van der Waals surface area (Å²) >= 11 is 0. The minimum atomic E-state index is -2.83. The van der Waals surface area contributed by atoms with E-state index in [9.17, 15) is 24.6 Å². The van der Waals surface area contributed by atoms with Gasteiger partial charge in [-0.2, -0.15) is 0 Å². The zero-order chi connectivity index (χ0) is 18.4. The van der Waals surface area contributed by atoms with Crippen LogP contribution in [0.3, 0.4) is 0 Å². The molecule has 2 aromatic rings. The number of aromatic hydroxyl groups is 1. The lowest BCUT2D eigenvalue weighted by Crippen LogP contribution is -2.62. The SMILES string of the molecule is COc1cc(C(=O)N(N)C2(O)C(=O)c3ccccc3C2=O)ccc1O. The second-order valence-corrected chi connectivity index (χ2v) is 5.44. The Morgan fingerprint density at radius 2 is 1.68 bits per heavy atom. The zero-order valence-electron chi connectivity index (χ0n) is 13.1. The molecule has 3 rings (SSSR count). The average molecular weight is 342 g/mol. The lowest BCUT2D eigenvalue weighted by molar-refractivity contribution is -0.0389. The van der Waals surface area contributed by atoms with Crippen molar-refractivity contribution < 1.29 is 29.3 Å². The topological polar surface area (TPSA) is 130 Å². The van der Waals surface area contributed by atoms with Gasteiger partial charge in [0, 0.05) is 16.7 Å². The summed E-state index contributed by atoms with van der Waals surface area (Å²) in [5.41, 5.74) is -2.93. The number of carbonyl (C=O) groups is 3. The molecule has 0 aromatic heterocycles. The molecule has 0 radical (unpaired) electrons. The molecule has 0 saturated heterocycles. The van der Waals surface area contributed by atoms with Gasteiger partial charge in [-0.1, -0.05) is 24.3 Å². The van der Waals surface area contributed by atoms with Crippen LogP contribution in [0, 0.1) is 0 Å². The number of Topliss-reactive ketones (excluding diaryl/α,β-unsaturated/α-hetero) is 2. The number of phenolic OH excluding ortho intramolecular Hbond substituents is 1. The summed E-state index contributed by atoms with van der Waals surface area (Å²) in [7, 11) is 1.29. The highest BCUT2D eigenvalue weighted by molar-refractivity contribution is 6.32. The Kier molecular flexibility index (Phi) is 3.78. The van der Waals surface area contributed by atoms with Gasteiger partial charge in [-0.3, -0.25) is 14.4 Å². The molecule has 1 aliphatic rings. The molecule has 128 valence electrons. The number of methoxy groups -OCH3 is 1. The molecule has 0 aliphatic heterocycles. The first-order valence-electron chi connectivity index (χ1n) is 7.19. The fourth-order valence-corrected chi connectivity index (χ4v) is 2.67. The van der Waals surface area contributed by atoms with Gasteiger partial charge in [0.25, 0.3) is 11.6 Å². The number of hydrogen-bond donors (Lipinski definition) is 3. The van der Waals surface area contributed by atoms with E-state index in [0.717, 1.165) is 0 Å². The molecule has 25 heavy (non-hydrogen) atoms. The summed E-state index contributed by atoms with van der Waals surface area (Å²) in [6.07, 6.45) is 0. The molecular formula is C17H14N2O6. The van der Waals surface area contributed by atoms with Gasteiger partial charge in [0.05, 0.1) is 7.11 Å². The number of phenols is 1. The van der Waals surface area contributed by atoms with Crippen LogP contribution in [0.5, 0.6) is 11.5 Å². The first-order chi connectivity index (χ1) is 11.8. The lowest BCUT2D eigenvalue weighted by atomic mass is 10.1. The maximum atomic E-state index is 12.6.